The number of hydrogen-bond donors (Lipinski definition) is 6. The minimum Gasteiger partial charge on any atom is -0.747 e. The Kier molecular flexibility index (Phi) is 36.9. The number of phenols is 2. The van der Waals surface area contributed by atoms with E-state index in [1.165, 1.54) is 59.5 Å². The predicted molar refractivity (Wildman–Crippen MR) is 260 cm³/mol. The number of nitrogens with zero attached hydrogens (tertiary/aromatic N) is 8. The fourth-order valence-corrected chi connectivity index (χ4v) is 8.53. The van der Waals surface area contributed by atoms with E-state index in [2.05, 4.69) is 66.0 Å². The van der Waals surface area contributed by atoms with Crippen molar-refractivity contribution in [3.63, 3.8) is 0 Å². The summed E-state index contributed by atoms with van der Waals surface area (Å²) in [5, 5.41) is 42.3. The maximum absolute atomic E-state index is 12.5. The van der Waals surface area contributed by atoms with E-state index < -0.39 is 94.4 Å². The molecule has 0 aliphatic rings. The average Bonchev–Trinajstić information content (AvgIpc) is 3.29. The van der Waals surface area contributed by atoms with Crippen molar-refractivity contribution in [2.24, 2.45) is 20.5 Å². The van der Waals surface area contributed by atoms with E-state index in [1.54, 1.807) is 13.0 Å². The van der Waals surface area contributed by atoms with Crippen LogP contribution in [0.3, 0.4) is 0 Å². The number of sulfone groups is 2. The Morgan fingerprint density at radius 1 is 0.679 bits per heavy atom. The van der Waals surface area contributed by atoms with Crippen LogP contribution in [-0.2, 0) is 77.8 Å². The summed E-state index contributed by atoms with van der Waals surface area (Å²) in [5.74, 6) is -3.33. The van der Waals surface area contributed by atoms with E-state index in [4.69, 9.17) is 46.6 Å². The summed E-state index contributed by atoms with van der Waals surface area (Å²) in [6, 6.07) is 18.8. The monoisotopic (exact) mass is 1350 g/mol. The van der Waals surface area contributed by atoms with Gasteiger partial charge in [-0.25, -0.2) is 50.5 Å². The van der Waals surface area contributed by atoms with E-state index in [9.17, 15) is 53.0 Å². The van der Waals surface area contributed by atoms with Crippen LogP contribution in [0.25, 0.3) is 10.8 Å². The molecule has 43 heteroatoms. The van der Waals surface area contributed by atoms with Gasteiger partial charge < -0.3 is 57.8 Å². The van der Waals surface area contributed by atoms with Gasteiger partial charge in [0.05, 0.1) is 26.1 Å². The molecule has 1 heterocycles. The number of aromatic nitrogens is 3. The largest absolute Gasteiger partial charge is 1.00 e. The quantitative estimate of drug-likeness (QED) is 0.0162. The van der Waals surface area contributed by atoms with Gasteiger partial charge in [-0.3, -0.25) is 9.11 Å². The predicted octanol–water partition coefficient (Wildman–Crippen LogP) is -10.3. The minimum absolute atomic E-state index is 0. The van der Waals surface area contributed by atoms with Gasteiger partial charge in [-0.2, -0.15) is 42.4 Å². The molecular weight excluding hydrogens is 1320 g/mol. The maximum Gasteiger partial charge on any atom is 1.00 e. The van der Waals surface area contributed by atoms with Crippen LogP contribution in [0.1, 0.15) is 6.92 Å². The first-order chi connectivity index (χ1) is 34.5. The summed E-state index contributed by atoms with van der Waals surface area (Å²) < 4.78 is 187. The van der Waals surface area contributed by atoms with Crippen molar-refractivity contribution in [2.75, 3.05) is 39.5 Å². The molecule has 0 aliphatic heterocycles. The molecule has 30 nitrogen and oxygen atoms in total. The molecule has 0 fully saturated rings. The van der Waals surface area contributed by atoms with Crippen molar-refractivity contribution in [1.29, 1.82) is 0 Å². The zero-order chi connectivity index (χ0) is 56.5. The molecule has 6 aromatic rings. The summed E-state index contributed by atoms with van der Waals surface area (Å²) in [6.45, 7) is 8.79. The molecule has 0 spiro atoms. The number of halogens is 1. The third kappa shape index (κ3) is 27.2. The van der Waals surface area contributed by atoms with Crippen molar-refractivity contribution < 1.29 is 253 Å². The van der Waals surface area contributed by atoms with Gasteiger partial charge in [-0.1, -0.05) is 34.4 Å². The molecule has 0 saturated carbocycles. The first-order valence-corrected chi connectivity index (χ1v) is 29.0. The Labute approximate surface area is 591 Å². The molecular formula is C38H34ClCuN10Na5O20S6-2. The van der Waals surface area contributed by atoms with Crippen LogP contribution in [0.5, 0.6) is 11.5 Å². The minimum atomic E-state index is -5.24. The van der Waals surface area contributed by atoms with Crippen molar-refractivity contribution in [3.05, 3.63) is 104 Å². The smallest absolute Gasteiger partial charge is 0.747 e. The summed E-state index contributed by atoms with van der Waals surface area (Å²) in [7, 11) is -27.4. The number of fused-ring (bicyclic) bond motifs is 1. The third-order valence-electron chi connectivity index (χ3n) is 8.97. The zero-order valence-corrected chi connectivity index (χ0v) is 59.4. The standard InChI is InChI=1S/C38H34ClN10O12S4.Cu.5Na.2H2O4S/c1-4-49(23-8-7-9-24(19-23)62(52,53)5-2)38-43-36(39)42-37(44-38)41-22-10-17-33(65(59,60)61)31(18-22)47-48-34-26-12-16-30(35(51)27(26)13-15-29(34)40-21-64(56,57)58)46-45-28-14-11-25(20-32(28)50)63(54,55)6-3;;;;;;;2*1-5(2,3)4/h7-15,17-20,40,50-51H,2-6,21H2,1H3,(H,56,57,58)(H,59,60,61)(H,41,42,43,44);;;;;;;2*(H2,1,2,3,4)/q-3;;5*+1;;/p-4. The average molecular weight is 1360 g/mol. The second-order valence-corrected chi connectivity index (χ2v) is 23.1. The summed E-state index contributed by atoms with van der Waals surface area (Å²) in [5.41, 5.74) is -1.06. The number of hydrogen-bond acceptors (Lipinski definition) is 28. The number of benzene rings is 5. The van der Waals surface area contributed by atoms with Gasteiger partial charge in [0.25, 0.3) is 0 Å². The van der Waals surface area contributed by atoms with Gasteiger partial charge in [-0.15, -0.1) is 5.11 Å². The Hall–Kier alpha value is -1.16. The van der Waals surface area contributed by atoms with Gasteiger partial charge in [0.15, 0.2) is 19.7 Å². The Morgan fingerprint density at radius 2 is 1.23 bits per heavy atom. The molecule has 0 atom stereocenters. The molecule has 0 amide bonds. The number of nitrogens with one attached hydrogen (secondary N) is 2. The normalized spacial score (nSPS) is 11.5. The molecule has 417 valence electrons. The molecule has 5 aromatic carbocycles. The van der Waals surface area contributed by atoms with Crippen LogP contribution < -0.4 is 163 Å². The number of anilines is 5. The second kappa shape index (κ2) is 35.6. The molecule has 1 aromatic heterocycles. The van der Waals surface area contributed by atoms with Gasteiger partial charge in [0, 0.05) is 52.5 Å². The number of rotatable bonds is 17. The zero-order valence-electron chi connectivity index (χ0n) is 42.8. The molecule has 6 N–H and O–H groups in total. The Morgan fingerprint density at radius 3 is 1.75 bits per heavy atom. The van der Waals surface area contributed by atoms with Crippen LogP contribution in [0.2, 0.25) is 5.28 Å². The maximum atomic E-state index is 12.5. The van der Waals surface area contributed by atoms with E-state index in [1.807, 2.05) is 0 Å². The van der Waals surface area contributed by atoms with Crippen molar-refractivity contribution >= 4 is 135 Å². The fourth-order valence-electron chi connectivity index (χ4n) is 5.83. The van der Waals surface area contributed by atoms with Crippen molar-refractivity contribution in [2.45, 2.75) is 21.6 Å². The van der Waals surface area contributed by atoms with Gasteiger partial charge >= 0.3 is 148 Å². The van der Waals surface area contributed by atoms with Gasteiger partial charge in [0.1, 0.15) is 43.2 Å². The van der Waals surface area contributed by atoms with Crippen molar-refractivity contribution in [3.8, 4) is 11.5 Å². The Balaban J connectivity index is -0.00000349. The summed E-state index contributed by atoms with van der Waals surface area (Å²) in [6.07, 6.45) is 0. The third-order valence-corrected chi connectivity index (χ3v) is 13.5. The molecule has 0 bridgehead atoms. The topological polar surface area (TPSA) is 493 Å². The van der Waals surface area contributed by atoms with E-state index in [0.717, 1.165) is 18.2 Å². The second-order valence-electron chi connectivity index (χ2n) is 14.1. The summed E-state index contributed by atoms with van der Waals surface area (Å²) in [4.78, 5) is 13.1. The van der Waals surface area contributed by atoms with Crippen LogP contribution in [-0.4, -0.2) is 127 Å². The first-order valence-electron chi connectivity index (χ1n) is 19.6. The number of azo groups is 2. The van der Waals surface area contributed by atoms with E-state index in [-0.39, 0.29) is 243 Å². The molecule has 0 unspecified atom stereocenters. The van der Waals surface area contributed by atoms with E-state index >= 15 is 0 Å². The first kappa shape index (κ1) is 84.0. The summed E-state index contributed by atoms with van der Waals surface area (Å²) >= 11 is 6.27. The fraction of sp³-hybridized carbons (Fsp3) is 0.132. The molecule has 1 radical (unpaired) electrons. The van der Waals surface area contributed by atoms with Crippen LogP contribution in [0, 0.1) is 19.9 Å². The van der Waals surface area contributed by atoms with Crippen molar-refractivity contribution in [1.82, 2.24) is 15.0 Å². The SMILES string of the molecule is O=S(=O)([O-])O.O=S(=O)([O-])O.[CH2-]CS(=O)(=O)c1cccc(N(CC)c2nc(Cl)nc(Nc3ccc(S(=O)(=O)[O-])c(N=Nc4c(NCS(=O)(=O)[O-])ccc5c(O)c(N=Nc6ccc(S(=O)(=O)C[CH2-])cc6O)[c-]cc45)c3)n2)c1.[Cu].[Na+].[Na+].[Na+].[Na+].[Na+]. The van der Waals surface area contributed by atoms with Gasteiger partial charge in [-0.05, 0) is 73.1 Å². The molecule has 0 aliphatic carbocycles. The van der Waals surface area contributed by atoms with E-state index in [0.29, 0.717) is 5.69 Å². The number of aromatic hydroxyl groups is 2. The molecule has 6 rings (SSSR count). The molecule has 81 heavy (non-hydrogen) atoms. The Bertz CT molecular complexity index is 3880. The van der Waals surface area contributed by atoms with Crippen LogP contribution in [0.4, 0.5) is 51.7 Å². The van der Waals surface area contributed by atoms with Crippen LogP contribution in [0.15, 0.2) is 114 Å². The number of phenolic OH excluding ortho intramolecular Hbond substituents is 2. The molecule has 0 saturated heterocycles. The van der Waals surface area contributed by atoms with Crippen LogP contribution >= 0.6 is 11.6 Å². The van der Waals surface area contributed by atoms with Gasteiger partial charge in [0.2, 0.25) is 38.0 Å².